The average molecular weight is 922 g/mol. The number of para-hydroxylation sites is 6. The zero-order valence-electron chi connectivity index (χ0n) is 41.2. The fourth-order valence-electron chi connectivity index (χ4n) is 12.2. The monoisotopic (exact) mass is 920 g/mol. The van der Waals surface area contributed by atoms with Crippen molar-refractivity contribution < 1.29 is 0 Å². The second-order valence-corrected chi connectivity index (χ2v) is 22.9. The number of halogens is 1. The molecule has 12 rings (SSSR count). The van der Waals surface area contributed by atoms with Crippen LogP contribution in [0, 0.1) is 0 Å². The van der Waals surface area contributed by atoms with Gasteiger partial charge < -0.3 is 19.3 Å². The molecule has 0 unspecified atom stereocenters. The molecular weight excluding hydrogens is 860 g/mol. The summed E-state index contributed by atoms with van der Waals surface area (Å²) in [5, 5.41) is 3.12. The van der Waals surface area contributed by atoms with Gasteiger partial charge in [0.05, 0.1) is 50.2 Å². The molecule has 0 N–H and O–H groups in total. The van der Waals surface area contributed by atoms with Crippen LogP contribution < -0.4 is 14.7 Å². The van der Waals surface area contributed by atoms with Gasteiger partial charge in [-0.1, -0.05) is 158 Å². The summed E-state index contributed by atoms with van der Waals surface area (Å²) in [6, 6.07) is 65.0. The van der Waals surface area contributed by atoms with E-state index in [4.69, 9.17) is 11.6 Å². The van der Waals surface area contributed by atoms with E-state index in [0.29, 0.717) is 5.02 Å². The van der Waals surface area contributed by atoms with Crippen LogP contribution in [0.5, 0.6) is 0 Å². The summed E-state index contributed by atoms with van der Waals surface area (Å²) in [6.45, 7) is 19.4. The first-order chi connectivity index (χ1) is 33.1. The molecule has 4 nitrogen and oxygen atoms in total. The molecule has 3 aliphatic rings. The fourth-order valence-corrected chi connectivity index (χ4v) is 12.4. The third-order valence-corrected chi connectivity index (χ3v) is 16.6. The van der Waals surface area contributed by atoms with Crippen LogP contribution in [0.2, 0.25) is 5.02 Å². The summed E-state index contributed by atoms with van der Waals surface area (Å²) in [5.74, 6) is 0. The molecule has 1 aliphatic heterocycles. The van der Waals surface area contributed by atoms with Crippen molar-refractivity contribution in [1.82, 2.24) is 4.57 Å². The SMILES string of the molecule is CC1(C)CCC(C)(C)c2cc(N(c3ccc4c(c3)C(C)(C)CCC4(C)C)c3cc(N(c4ccccc4)c4ccccc4)cc(N4c5ccccc5-n5c6ccccc6c6cccc4c65)c3Cl)ccc21. The maximum absolute atomic E-state index is 8.39. The lowest BCUT2D eigenvalue weighted by Gasteiger charge is -2.43. The van der Waals surface area contributed by atoms with Gasteiger partial charge in [-0.2, -0.15) is 0 Å². The zero-order valence-corrected chi connectivity index (χ0v) is 42.0. The Kier molecular flexibility index (Phi) is 9.86. The molecule has 0 bridgehead atoms. The Morgan fingerprint density at radius 1 is 0.377 bits per heavy atom. The molecule has 1 aromatic heterocycles. The highest BCUT2D eigenvalue weighted by atomic mass is 35.5. The highest BCUT2D eigenvalue weighted by molar-refractivity contribution is 6.37. The van der Waals surface area contributed by atoms with Crippen LogP contribution in [-0.4, -0.2) is 4.57 Å². The average Bonchev–Trinajstić information content (AvgIpc) is 3.69. The minimum absolute atomic E-state index is 0.00271. The maximum atomic E-state index is 8.39. The van der Waals surface area contributed by atoms with E-state index >= 15 is 0 Å². The summed E-state index contributed by atoms with van der Waals surface area (Å²) in [6.07, 6.45) is 4.55. The maximum Gasteiger partial charge on any atom is 0.0888 e. The van der Waals surface area contributed by atoms with Gasteiger partial charge >= 0.3 is 0 Å². The van der Waals surface area contributed by atoms with Crippen molar-refractivity contribution >= 4 is 84.6 Å². The van der Waals surface area contributed by atoms with Gasteiger partial charge in [0.2, 0.25) is 0 Å². The van der Waals surface area contributed by atoms with Crippen LogP contribution in [0.4, 0.5) is 51.2 Å². The van der Waals surface area contributed by atoms with Crippen molar-refractivity contribution in [1.29, 1.82) is 0 Å². The Labute approximate surface area is 413 Å². The quantitative estimate of drug-likeness (QED) is 0.158. The van der Waals surface area contributed by atoms with Crippen LogP contribution in [0.1, 0.15) is 103 Å². The number of fused-ring (bicyclic) bond motifs is 7. The van der Waals surface area contributed by atoms with E-state index in [-0.39, 0.29) is 21.7 Å². The molecule has 9 aromatic rings. The summed E-state index contributed by atoms with van der Waals surface area (Å²) in [4.78, 5) is 7.29. The molecule has 0 atom stereocenters. The standard InChI is InChI=1S/C64H61ClN4/c1-61(2)34-36-63(5,6)51-38-44(30-32-49(51)61)67(45-31-33-50-52(39-45)64(7,8)37-35-62(50,3)4)57-40-46(66(42-20-11-9-12-21-42)43-22-13-10-14-23-43)41-58(59(57)65)68-54-27-17-18-28-55(54)69-53-26-16-15-24-47(53)48-25-19-29-56(68)60(48)69/h9-33,38-41H,34-37H2,1-8H3. The predicted molar refractivity (Wildman–Crippen MR) is 294 cm³/mol. The second-order valence-electron chi connectivity index (χ2n) is 22.5. The van der Waals surface area contributed by atoms with Crippen molar-refractivity contribution in [3.05, 3.63) is 203 Å². The molecule has 0 fully saturated rings. The third-order valence-electron chi connectivity index (χ3n) is 16.3. The molecule has 344 valence electrons. The van der Waals surface area contributed by atoms with Gasteiger partial charge in [0.25, 0.3) is 0 Å². The molecule has 0 amide bonds. The Balaban J connectivity index is 1.20. The van der Waals surface area contributed by atoms with Crippen LogP contribution in [0.3, 0.4) is 0 Å². The molecule has 69 heavy (non-hydrogen) atoms. The number of benzene rings is 8. The van der Waals surface area contributed by atoms with Crippen molar-refractivity contribution in [3.8, 4) is 5.69 Å². The van der Waals surface area contributed by atoms with E-state index in [9.17, 15) is 0 Å². The van der Waals surface area contributed by atoms with Gasteiger partial charge in [-0.3, -0.25) is 0 Å². The Morgan fingerprint density at radius 2 is 0.855 bits per heavy atom. The molecule has 0 saturated heterocycles. The summed E-state index contributed by atoms with van der Waals surface area (Å²) in [7, 11) is 0. The third kappa shape index (κ3) is 6.84. The van der Waals surface area contributed by atoms with Crippen LogP contribution >= 0.6 is 11.6 Å². The largest absolute Gasteiger partial charge is 0.310 e. The fraction of sp³-hybridized carbons (Fsp3) is 0.250. The number of anilines is 9. The Hall–Kier alpha value is -6.75. The lowest BCUT2D eigenvalue weighted by molar-refractivity contribution is 0.332. The molecule has 8 aromatic carbocycles. The minimum atomic E-state index is -0.00271. The van der Waals surface area contributed by atoms with E-state index in [1.165, 1.54) is 44.1 Å². The number of hydrogen-bond acceptors (Lipinski definition) is 3. The first-order valence-electron chi connectivity index (χ1n) is 24.9. The van der Waals surface area contributed by atoms with E-state index in [0.717, 1.165) is 82.6 Å². The van der Waals surface area contributed by atoms with Gasteiger partial charge in [-0.05, 0) is 155 Å². The lowest BCUT2D eigenvalue weighted by atomic mass is 9.63. The van der Waals surface area contributed by atoms with Gasteiger partial charge in [0, 0.05) is 33.5 Å². The summed E-state index contributed by atoms with van der Waals surface area (Å²) >= 11 is 8.39. The highest BCUT2D eigenvalue weighted by Crippen LogP contribution is 2.57. The molecule has 2 aliphatic carbocycles. The van der Waals surface area contributed by atoms with Gasteiger partial charge in [-0.15, -0.1) is 0 Å². The molecule has 0 saturated carbocycles. The van der Waals surface area contributed by atoms with Gasteiger partial charge in [0.1, 0.15) is 0 Å². The Morgan fingerprint density at radius 3 is 1.43 bits per heavy atom. The topological polar surface area (TPSA) is 14.7 Å². The number of aromatic nitrogens is 1. The predicted octanol–water partition coefficient (Wildman–Crippen LogP) is 18.9. The first-order valence-corrected chi connectivity index (χ1v) is 25.3. The van der Waals surface area contributed by atoms with Crippen molar-refractivity contribution in [2.45, 2.75) is 103 Å². The molecular formula is C64H61ClN4. The number of nitrogens with zero attached hydrogens (tertiary/aromatic N) is 4. The Bertz CT molecular complexity index is 3370. The number of rotatable bonds is 7. The van der Waals surface area contributed by atoms with Gasteiger partial charge in [0.15, 0.2) is 0 Å². The smallest absolute Gasteiger partial charge is 0.0888 e. The number of hydrogen-bond donors (Lipinski definition) is 0. The summed E-state index contributed by atoms with van der Waals surface area (Å²) in [5.41, 5.74) is 18.6. The van der Waals surface area contributed by atoms with E-state index in [1.807, 2.05) is 0 Å². The van der Waals surface area contributed by atoms with Gasteiger partial charge in [-0.25, -0.2) is 0 Å². The minimum Gasteiger partial charge on any atom is -0.310 e. The van der Waals surface area contributed by atoms with Crippen LogP contribution in [-0.2, 0) is 21.7 Å². The van der Waals surface area contributed by atoms with Crippen molar-refractivity contribution in [3.63, 3.8) is 0 Å². The van der Waals surface area contributed by atoms with Crippen LogP contribution in [0.25, 0.3) is 27.5 Å². The molecule has 0 radical (unpaired) electrons. The van der Waals surface area contributed by atoms with Crippen molar-refractivity contribution in [2.75, 3.05) is 14.7 Å². The summed E-state index contributed by atoms with van der Waals surface area (Å²) < 4.78 is 2.45. The molecule has 5 heteroatoms. The van der Waals surface area contributed by atoms with Crippen molar-refractivity contribution in [2.24, 2.45) is 0 Å². The first kappa shape index (κ1) is 43.5. The lowest BCUT2D eigenvalue weighted by Crippen LogP contribution is -2.34. The normalized spacial score (nSPS) is 17.0. The van der Waals surface area contributed by atoms with Crippen LogP contribution in [0.15, 0.2) is 176 Å². The molecule has 2 heterocycles. The molecule has 0 spiro atoms. The highest BCUT2D eigenvalue weighted by Gasteiger charge is 2.40. The second kappa shape index (κ2) is 15.6. The zero-order chi connectivity index (χ0) is 47.6. The van der Waals surface area contributed by atoms with E-state index in [2.05, 4.69) is 251 Å². The van der Waals surface area contributed by atoms with E-state index < -0.39 is 0 Å². The van der Waals surface area contributed by atoms with E-state index in [1.54, 1.807) is 0 Å².